The lowest BCUT2D eigenvalue weighted by molar-refractivity contribution is 0.664. The summed E-state index contributed by atoms with van der Waals surface area (Å²) in [6, 6.07) is 5.98. The molecule has 0 aliphatic rings. The van der Waals surface area contributed by atoms with Crippen LogP contribution in [-0.2, 0) is 6.42 Å². The SMILES string of the molecule is C=Nc1cc(CC(C)c2ncc3cccn3n2)cn1/N=C(\C)CC. The third-order valence-corrected chi connectivity index (χ3v) is 4.07. The van der Waals surface area contributed by atoms with Crippen LogP contribution in [0.4, 0.5) is 5.82 Å². The summed E-state index contributed by atoms with van der Waals surface area (Å²) in [5.74, 6) is 1.78. The van der Waals surface area contributed by atoms with Gasteiger partial charge in [-0.3, -0.25) is 0 Å². The molecular formula is C18H22N6. The summed E-state index contributed by atoms with van der Waals surface area (Å²) >= 11 is 0. The second-order valence-electron chi connectivity index (χ2n) is 6.00. The first kappa shape index (κ1) is 16.1. The molecule has 0 spiro atoms. The minimum absolute atomic E-state index is 0.196. The van der Waals surface area contributed by atoms with Gasteiger partial charge in [0.25, 0.3) is 0 Å². The van der Waals surface area contributed by atoms with E-state index < -0.39 is 0 Å². The van der Waals surface area contributed by atoms with Crippen LogP contribution in [0, 0.1) is 0 Å². The summed E-state index contributed by atoms with van der Waals surface area (Å²) in [6.07, 6.45) is 7.53. The Morgan fingerprint density at radius 3 is 3.00 bits per heavy atom. The number of aliphatic imine (C=N–C) groups is 1. The molecule has 0 aliphatic heterocycles. The van der Waals surface area contributed by atoms with Crippen LogP contribution in [0.2, 0.25) is 0 Å². The molecule has 0 saturated carbocycles. The number of rotatable bonds is 6. The van der Waals surface area contributed by atoms with E-state index in [0.717, 1.165) is 41.3 Å². The number of hydrogen-bond acceptors (Lipinski definition) is 4. The Morgan fingerprint density at radius 1 is 1.42 bits per heavy atom. The minimum atomic E-state index is 0.196. The van der Waals surface area contributed by atoms with Gasteiger partial charge >= 0.3 is 0 Å². The highest BCUT2D eigenvalue weighted by Gasteiger charge is 2.13. The topological polar surface area (TPSA) is 59.8 Å². The van der Waals surface area contributed by atoms with Crippen LogP contribution in [0.3, 0.4) is 0 Å². The monoisotopic (exact) mass is 322 g/mol. The molecule has 0 N–H and O–H groups in total. The molecule has 3 rings (SSSR count). The van der Waals surface area contributed by atoms with Gasteiger partial charge in [0.05, 0.1) is 11.7 Å². The molecule has 1 atom stereocenters. The molecule has 3 aromatic rings. The van der Waals surface area contributed by atoms with Gasteiger partial charge in [-0.2, -0.15) is 10.2 Å². The van der Waals surface area contributed by atoms with Crippen molar-refractivity contribution in [1.29, 1.82) is 0 Å². The predicted octanol–water partition coefficient (Wildman–Crippen LogP) is 3.84. The third-order valence-electron chi connectivity index (χ3n) is 4.07. The second-order valence-corrected chi connectivity index (χ2v) is 6.00. The maximum absolute atomic E-state index is 4.58. The molecule has 0 saturated heterocycles. The first-order valence-corrected chi connectivity index (χ1v) is 8.13. The molecular weight excluding hydrogens is 300 g/mol. The molecule has 6 heteroatoms. The van der Waals surface area contributed by atoms with E-state index in [9.17, 15) is 0 Å². The van der Waals surface area contributed by atoms with Gasteiger partial charge in [0.1, 0.15) is 0 Å². The van der Waals surface area contributed by atoms with E-state index in [1.54, 1.807) is 4.68 Å². The van der Waals surface area contributed by atoms with Gasteiger partial charge in [-0.05, 0) is 50.2 Å². The van der Waals surface area contributed by atoms with Gasteiger partial charge in [-0.25, -0.2) is 19.2 Å². The smallest absolute Gasteiger partial charge is 0.152 e. The Hall–Kier alpha value is -2.76. The first-order chi connectivity index (χ1) is 11.6. The Bertz CT molecular complexity index is 886. The van der Waals surface area contributed by atoms with Crippen molar-refractivity contribution < 1.29 is 0 Å². The van der Waals surface area contributed by atoms with Crippen LogP contribution in [0.15, 0.2) is 46.9 Å². The molecule has 3 aromatic heterocycles. The van der Waals surface area contributed by atoms with Crippen LogP contribution in [0.25, 0.3) is 5.52 Å². The molecule has 0 aliphatic carbocycles. The van der Waals surface area contributed by atoms with E-state index >= 15 is 0 Å². The van der Waals surface area contributed by atoms with E-state index in [-0.39, 0.29) is 5.92 Å². The van der Waals surface area contributed by atoms with Gasteiger partial charge in [0.2, 0.25) is 0 Å². The van der Waals surface area contributed by atoms with Crippen molar-refractivity contribution in [2.45, 2.75) is 39.5 Å². The number of fused-ring (bicyclic) bond motifs is 1. The fraction of sp³-hybridized carbons (Fsp3) is 0.333. The maximum Gasteiger partial charge on any atom is 0.152 e. The molecule has 0 amide bonds. The summed E-state index contributed by atoms with van der Waals surface area (Å²) in [5.41, 5.74) is 3.20. The largest absolute Gasteiger partial charge is 0.245 e. The Balaban J connectivity index is 1.83. The maximum atomic E-state index is 4.58. The molecule has 0 bridgehead atoms. The number of aromatic nitrogens is 4. The van der Waals surface area contributed by atoms with Crippen molar-refractivity contribution in [2.24, 2.45) is 10.1 Å². The van der Waals surface area contributed by atoms with Crippen LogP contribution in [0.1, 0.15) is 44.5 Å². The molecule has 6 nitrogen and oxygen atoms in total. The minimum Gasteiger partial charge on any atom is -0.245 e. The summed E-state index contributed by atoms with van der Waals surface area (Å²) in [4.78, 5) is 8.55. The van der Waals surface area contributed by atoms with Crippen LogP contribution >= 0.6 is 0 Å². The van der Waals surface area contributed by atoms with E-state index in [0.29, 0.717) is 0 Å². The zero-order chi connectivity index (χ0) is 17.1. The van der Waals surface area contributed by atoms with Gasteiger partial charge in [-0.1, -0.05) is 13.8 Å². The lowest BCUT2D eigenvalue weighted by atomic mass is 10.0. The lowest BCUT2D eigenvalue weighted by Gasteiger charge is -2.08. The standard InChI is InChI=1S/C18H22N6/c1-5-14(3)21-24-12-15(10-17(24)19-4)9-13(2)18-20-11-16-7-6-8-23(16)22-18/h6-8,10-13H,4-5,9H2,1-3H3/b21-14+. The molecule has 124 valence electrons. The van der Waals surface area contributed by atoms with Crippen LogP contribution < -0.4 is 0 Å². The van der Waals surface area contributed by atoms with E-state index in [2.05, 4.69) is 40.7 Å². The van der Waals surface area contributed by atoms with Crippen LogP contribution in [-0.4, -0.2) is 31.7 Å². The highest BCUT2D eigenvalue weighted by Crippen LogP contribution is 2.23. The van der Waals surface area contributed by atoms with Crippen molar-refractivity contribution in [3.8, 4) is 0 Å². The van der Waals surface area contributed by atoms with E-state index in [1.807, 2.05) is 48.2 Å². The summed E-state index contributed by atoms with van der Waals surface area (Å²) in [7, 11) is 0. The van der Waals surface area contributed by atoms with Crippen LogP contribution in [0.5, 0.6) is 0 Å². The Kier molecular flexibility index (Phi) is 4.55. The zero-order valence-electron chi connectivity index (χ0n) is 14.3. The Labute approximate surface area is 141 Å². The van der Waals surface area contributed by atoms with Crippen molar-refractivity contribution in [3.05, 3.63) is 48.2 Å². The first-order valence-electron chi connectivity index (χ1n) is 8.13. The van der Waals surface area contributed by atoms with Gasteiger partial charge in [0.15, 0.2) is 11.6 Å². The average Bonchev–Trinajstić information content (AvgIpc) is 3.20. The van der Waals surface area contributed by atoms with Gasteiger partial charge in [-0.15, -0.1) is 0 Å². The van der Waals surface area contributed by atoms with Crippen molar-refractivity contribution in [3.63, 3.8) is 0 Å². The zero-order valence-corrected chi connectivity index (χ0v) is 14.3. The van der Waals surface area contributed by atoms with E-state index in [4.69, 9.17) is 0 Å². The lowest BCUT2D eigenvalue weighted by Crippen LogP contribution is -2.06. The fourth-order valence-corrected chi connectivity index (χ4v) is 2.57. The third kappa shape index (κ3) is 3.27. The number of nitrogens with zero attached hydrogens (tertiary/aromatic N) is 6. The fourth-order valence-electron chi connectivity index (χ4n) is 2.57. The molecule has 0 radical (unpaired) electrons. The van der Waals surface area contributed by atoms with Crippen molar-refractivity contribution >= 4 is 23.8 Å². The second kappa shape index (κ2) is 6.78. The normalized spacial score (nSPS) is 13.4. The summed E-state index contributed by atoms with van der Waals surface area (Å²) in [5, 5.41) is 9.12. The average molecular weight is 322 g/mol. The highest BCUT2D eigenvalue weighted by atomic mass is 15.4. The highest BCUT2D eigenvalue weighted by molar-refractivity contribution is 5.81. The molecule has 24 heavy (non-hydrogen) atoms. The predicted molar refractivity (Wildman–Crippen MR) is 97.5 cm³/mol. The molecule has 1 unspecified atom stereocenters. The molecule has 3 heterocycles. The summed E-state index contributed by atoms with van der Waals surface area (Å²) in [6.45, 7) is 9.86. The summed E-state index contributed by atoms with van der Waals surface area (Å²) < 4.78 is 3.65. The quantitative estimate of drug-likeness (QED) is 0.647. The van der Waals surface area contributed by atoms with Gasteiger partial charge < -0.3 is 0 Å². The Morgan fingerprint density at radius 2 is 2.25 bits per heavy atom. The molecule has 0 aromatic carbocycles. The van der Waals surface area contributed by atoms with Crippen molar-refractivity contribution in [1.82, 2.24) is 19.3 Å². The van der Waals surface area contributed by atoms with E-state index in [1.165, 1.54) is 0 Å². The van der Waals surface area contributed by atoms with Crippen molar-refractivity contribution in [2.75, 3.05) is 0 Å². The van der Waals surface area contributed by atoms with Gasteiger partial charge in [0, 0.05) is 24.0 Å². The molecule has 0 fully saturated rings. The number of hydrogen-bond donors (Lipinski definition) is 0.